The van der Waals surface area contributed by atoms with Crippen LogP contribution in [0.25, 0.3) is 0 Å². The number of hydrogen-bond donors (Lipinski definition) is 1. The molecule has 0 spiro atoms. The molecule has 0 aromatic carbocycles. The Morgan fingerprint density at radius 2 is 1.60 bits per heavy atom. The zero-order valence-electron chi connectivity index (χ0n) is 14.7. The molecular formula is C18H39NO. The molecule has 20 heavy (non-hydrogen) atoms. The summed E-state index contributed by atoms with van der Waals surface area (Å²) in [6, 6.07) is 0.531. The van der Waals surface area contributed by atoms with Crippen molar-refractivity contribution in [3.05, 3.63) is 0 Å². The molecule has 2 nitrogen and oxygen atoms in total. The van der Waals surface area contributed by atoms with Crippen molar-refractivity contribution in [2.45, 2.75) is 111 Å². The van der Waals surface area contributed by atoms with Crippen molar-refractivity contribution in [1.29, 1.82) is 0 Å². The zero-order valence-corrected chi connectivity index (χ0v) is 14.7. The molecule has 0 rings (SSSR count). The Balaban J connectivity index is 4.11. The van der Waals surface area contributed by atoms with Gasteiger partial charge in [-0.25, -0.2) is 0 Å². The van der Waals surface area contributed by atoms with Crippen LogP contribution < -0.4 is 5.32 Å². The van der Waals surface area contributed by atoms with Crippen LogP contribution >= 0.6 is 0 Å². The van der Waals surface area contributed by atoms with E-state index < -0.39 is 0 Å². The zero-order chi connectivity index (χ0) is 15.2. The second-order valence-electron chi connectivity index (χ2n) is 6.09. The van der Waals surface area contributed by atoms with E-state index in [1.165, 1.54) is 51.4 Å². The monoisotopic (exact) mass is 285 g/mol. The molecule has 3 unspecified atom stereocenters. The van der Waals surface area contributed by atoms with Crippen molar-refractivity contribution < 1.29 is 4.74 Å². The quantitative estimate of drug-likeness (QED) is 0.437. The van der Waals surface area contributed by atoms with Gasteiger partial charge < -0.3 is 10.1 Å². The van der Waals surface area contributed by atoms with Crippen LogP contribution in [0.5, 0.6) is 0 Å². The summed E-state index contributed by atoms with van der Waals surface area (Å²) in [5, 5.41) is 3.68. The third-order valence-electron chi connectivity index (χ3n) is 3.98. The fraction of sp³-hybridized carbons (Fsp3) is 1.00. The van der Waals surface area contributed by atoms with E-state index in [2.05, 4.69) is 39.9 Å². The summed E-state index contributed by atoms with van der Waals surface area (Å²) in [4.78, 5) is 0. The summed E-state index contributed by atoms with van der Waals surface area (Å²) in [5.41, 5.74) is 0. The van der Waals surface area contributed by atoms with Gasteiger partial charge in [-0.1, -0.05) is 59.8 Å². The van der Waals surface area contributed by atoms with Gasteiger partial charge in [-0.05, 0) is 39.2 Å². The van der Waals surface area contributed by atoms with Gasteiger partial charge in [-0.3, -0.25) is 0 Å². The fourth-order valence-electron chi connectivity index (χ4n) is 2.76. The van der Waals surface area contributed by atoms with Crippen molar-refractivity contribution in [3.8, 4) is 0 Å². The van der Waals surface area contributed by atoms with Gasteiger partial charge in [0, 0.05) is 6.04 Å². The largest absolute Gasteiger partial charge is 0.374 e. The highest BCUT2D eigenvalue weighted by Crippen LogP contribution is 2.16. The van der Waals surface area contributed by atoms with Crippen LogP contribution in [0.2, 0.25) is 0 Å². The van der Waals surface area contributed by atoms with Crippen LogP contribution in [0, 0.1) is 0 Å². The van der Waals surface area contributed by atoms with E-state index in [4.69, 9.17) is 4.74 Å². The Morgan fingerprint density at radius 3 is 2.15 bits per heavy atom. The first-order valence-corrected chi connectivity index (χ1v) is 9.08. The first-order valence-electron chi connectivity index (χ1n) is 9.08. The summed E-state index contributed by atoms with van der Waals surface area (Å²) in [5.74, 6) is 0. The molecule has 1 N–H and O–H groups in total. The van der Waals surface area contributed by atoms with Crippen molar-refractivity contribution in [3.63, 3.8) is 0 Å². The normalized spacial score (nSPS) is 16.1. The summed E-state index contributed by atoms with van der Waals surface area (Å²) in [6.45, 7) is 12.4. The lowest BCUT2D eigenvalue weighted by Gasteiger charge is -2.30. The number of hydrogen-bond acceptors (Lipinski definition) is 2. The lowest BCUT2D eigenvalue weighted by molar-refractivity contribution is -0.0303. The highest BCUT2D eigenvalue weighted by atomic mass is 16.5. The molecule has 2 heteroatoms. The lowest BCUT2D eigenvalue weighted by atomic mass is 10.0. The highest BCUT2D eigenvalue weighted by molar-refractivity contribution is 4.77. The van der Waals surface area contributed by atoms with E-state index in [1.807, 2.05) is 0 Å². The van der Waals surface area contributed by atoms with Crippen LogP contribution in [0.1, 0.15) is 92.4 Å². The minimum atomic E-state index is 0.377. The van der Waals surface area contributed by atoms with E-state index >= 15 is 0 Å². The van der Waals surface area contributed by atoms with E-state index in [-0.39, 0.29) is 0 Å². The Kier molecular flexibility index (Phi) is 13.8. The van der Waals surface area contributed by atoms with Crippen LogP contribution in [0.4, 0.5) is 0 Å². The molecular weight excluding hydrogens is 246 g/mol. The Morgan fingerprint density at radius 1 is 0.850 bits per heavy atom. The predicted octanol–water partition coefficient (Wildman–Crippen LogP) is 5.31. The average molecular weight is 286 g/mol. The minimum absolute atomic E-state index is 0.377. The van der Waals surface area contributed by atoms with Crippen molar-refractivity contribution >= 4 is 0 Å². The van der Waals surface area contributed by atoms with E-state index in [9.17, 15) is 0 Å². The van der Waals surface area contributed by atoms with Gasteiger partial charge in [-0.2, -0.15) is 0 Å². The molecule has 0 aromatic rings. The third-order valence-corrected chi connectivity index (χ3v) is 3.98. The Hall–Kier alpha value is -0.0800. The average Bonchev–Trinajstić information content (AvgIpc) is 2.45. The van der Waals surface area contributed by atoms with Gasteiger partial charge in [0.25, 0.3) is 0 Å². The van der Waals surface area contributed by atoms with Gasteiger partial charge in [0.1, 0.15) is 0 Å². The standard InChI is InChI=1S/C18H39NO/c1-6-10-11-12-14-16(5)20-18(9-4)17(13-7-2)19-15-8-3/h16-19H,6-15H2,1-5H3. The van der Waals surface area contributed by atoms with E-state index in [0.29, 0.717) is 18.2 Å². The van der Waals surface area contributed by atoms with Crippen LogP contribution in [0.15, 0.2) is 0 Å². The van der Waals surface area contributed by atoms with Crippen LogP contribution in [-0.4, -0.2) is 24.8 Å². The Labute approximate surface area is 128 Å². The van der Waals surface area contributed by atoms with Gasteiger partial charge in [0.2, 0.25) is 0 Å². The molecule has 0 amide bonds. The van der Waals surface area contributed by atoms with Crippen molar-refractivity contribution in [2.75, 3.05) is 6.54 Å². The van der Waals surface area contributed by atoms with Gasteiger partial charge >= 0.3 is 0 Å². The summed E-state index contributed by atoms with van der Waals surface area (Å²) >= 11 is 0. The topological polar surface area (TPSA) is 21.3 Å². The fourth-order valence-corrected chi connectivity index (χ4v) is 2.76. The second kappa shape index (κ2) is 13.9. The molecule has 0 saturated heterocycles. The molecule has 0 heterocycles. The maximum absolute atomic E-state index is 6.33. The van der Waals surface area contributed by atoms with Gasteiger partial charge in [0.15, 0.2) is 0 Å². The van der Waals surface area contributed by atoms with E-state index in [1.54, 1.807) is 0 Å². The van der Waals surface area contributed by atoms with Crippen LogP contribution in [-0.2, 0) is 4.74 Å². The van der Waals surface area contributed by atoms with Crippen molar-refractivity contribution in [2.24, 2.45) is 0 Å². The third kappa shape index (κ3) is 9.77. The number of ether oxygens (including phenoxy) is 1. The summed E-state index contributed by atoms with van der Waals surface area (Å²) in [6.07, 6.45) is 12.1. The predicted molar refractivity (Wildman–Crippen MR) is 90.4 cm³/mol. The molecule has 0 saturated carbocycles. The minimum Gasteiger partial charge on any atom is -0.374 e. The second-order valence-corrected chi connectivity index (χ2v) is 6.09. The molecule has 0 bridgehead atoms. The molecule has 3 atom stereocenters. The first-order chi connectivity index (χ1) is 9.69. The molecule has 0 aliphatic rings. The molecule has 122 valence electrons. The van der Waals surface area contributed by atoms with Crippen LogP contribution in [0.3, 0.4) is 0 Å². The summed E-state index contributed by atoms with van der Waals surface area (Å²) < 4.78 is 6.33. The molecule has 0 aliphatic heterocycles. The SMILES string of the molecule is CCCCCCC(C)OC(CC)C(CCC)NCCC. The van der Waals surface area contributed by atoms with Gasteiger partial charge in [0.05, 0.1) is 12.2 Å². The first kappa shape index (κ1) is 19.9. The molecule has 0 radical (unpaired) electrons. The summed E-state index contributed by atoms with van der Waals surface area (Å²) in [7, 11) is 0. The molecule has 0 fully saturated rings. The molecule has 0 aromatic heterocycles. The van der Waals surface area contributed by atoms with Gasteiger partial charge in [-0.15, -0.1) is 0 Å². The maximum Gasteiger partial charge on any atom is 0.0729 e. The Bertz CT molecular complexity index is 196. The number of rotatable bonds is 14. The van der Waals surface area contributed by atoms with Crippen molar-refractivity contribution in [1.82, 2.24) is 5.32 Å². The smallest absolute Gasteiger partial charge is 0.0729 e. The number of nitrogens with one attached hydrogen (secondary N) is 1. The highest BCUT2D eigenvalue weighted by Gasteiger charge is 2.21. The number of unbranched alkanes of at least 4 members (excludes halogenated alkanes) is 3. The van der Waals surface area contributed by atoms with E-state index in [0.717, 1.165) is 13.0 Å². The molecule has 0 aliphatic carbocycles. The maximum atomic E-state index is 6.33. The lowest BCUT2D eigenvalue weighted by Crippen LogP contribution is -2.42.